The van der Waals surface area contributed by atoms with Crippen LogP contribution in [0.15, 0.2) is 65.6 Å². The van der Waals surface area contributed by atoms with E-state index in [1.807, 2.05) is 0 Å². The van der Waals surface area contributed by atoms with Crippen molar-refractivity contribution in [2.45, 2.75) is 55.5 Å². The Bertz CT molecular complexity index is 1540. The number of carbonyl (C=O) groups excluding carboxylic acids is 2. The SMILES string of the molecule is CC(C)(C)OC(=O)c1ccc(NC(=O)C(Oc2ccc(Cl)cc2)c2ccc(S(=O)(=O)C3CC3)cc2)nc1C(=O)O. The van der Waals surface area contributed by atoms with Crippen molar-refractivity contribution in [3.63, 3.8) is 0 Å². The number of aromatic carboxylic acids is 1. The van der Waals surface area contributed by atoms with E-state index in [4.69, 9.17) is 21.1 Å². The summed E-state index contributed by atoms with van der Waals surface area (Å²) in [5.41, 5.74) is -1.40. The quantitative estimate of drug-likeness (QED) is 0.327. The molecule has 3 aromatic rings. The molecule has 4 rings (SSSR count). The first kappa shape index (κ1) is 29.0. The van der Waals surface area contributed by atoms with Crippen LogP contribution in [0.1, 0.15) is 66.1 Å². The van der Waals surface area contributed by atoms with E-state index < -0.39 is 45.1 Å². The average molecular weight is 587 g/mol. The average Bonchev–Trinajstić information content (AvgIpc) is 3.74. The molecule has 0 spiro atoms. The molecular formula is C28H27ClN2O8S. The number of aromatic nitrogens is 1. The maximum Gasteiger partial charge on any atom is 0.355 e. The molecule has 1 saturated carbocycles. The second-order valence-electron chi connectivity index (χ2n) is 10.2. The summed E-state index contributed by atoms with van der Waals surface area (Å²) in [4.78, 5) is 41.9. The zero-order valence-electron chi connectivity index (χ0n) is 21.9. The molecule has 10 nitrogen and oxygen atoms in total. The second-order valence-corrected chi connectivity index (χ2v) is 12.8. The molecule has 1 heterocycles. The number of esters is 1. The summed E-state index contributed by atoms with van der Waals surface area (Å²) in [5, 5.41) is 12.2. The Hall–Kier alpha value is -3.96. The molecule has 1 aliphatic carbocycles. The summed E-state index contributed by atoms with van der Waals surface area (Å²) >= 11 is 5.96. The largest absolute Gasteiger partial charge is 0.476 e. The van der Waals surface area contributed by atoms with Gasteiger partial charge in [0.2, 0.25) is 6.10 Å². The molecule has 2 aromatic carbocycles. The maximum atomic E-state index is 13.4. The number of carbonyl (C=O) groups is 3. The number of nitrogens with one attached hydrogen (secondary N) is 1. The number of hydrogen-bond acceptors (Lipinski definition) is 8. The number of carboxylic acid groups (broad SMARTS) is 1. The number of ether oxygens (including phenoxy) is 2. The predicted octanol–water partition coefficient (Wildman–Crippen LogP) is 5.08. The van der Waals surface area contributed by atoms with Crippen LogP contribution in [0.2, 0.25) is 5.02 Å². The van der Waals surface area contributed by atoms with Crippen molar-refractivity contribution in [3.8, 4) is 5.75 Å². The molecule has 1 aromatic heterocycles. The highest BCUT2D eigenvalue weighted by Gasteiger charge is 2.37. The molecule has 1 aliphatic rings. The maximum absolute atomic E-state index is 13.4. The van der Waals surface area contributed by atoms with Crippen LogP contribution in [-0.4, -0.2) is 47.2 Å². The third-order valence-electron chi connectivity index (χ3n) is 5.75. The van der Waals surface area contributed by atoms with Crippen LogP contribution in [0.3, 0.4) is 0 Å². The van der Waals surface area contributed by atoms with Crippen LogP contribution in [-0.2, 0) is 19.4 Å². The number of rotatable bonds is 9. The van der Waals surface area contributed by atoms with Crippen molar-refractivity contribution < 1.29 is 37.4 Å². The zero-order valence-corrected chi connectivity index (χ0v) is 23.5. The third kappa shape index (κ3) is 6.97. The number of carboxylic acids is 1. The van der Waals surface area contributed by atoms with Crippen molar-refractivity contribution in [2.24, 2.45) is 0 Å². The summed E-state index contributed by atoms with van der Waals surface area (Å²) in [7, 11) is -3.44. The van der Waals surface area contributed by atoms with Crippen LogP contribution in [0.5, 0.6) is 5.75 Å². The first-order chi connectivity index (χ1) is 18.7. The zero-order chi connectivity index (χ0) is 29.2. The minimum Gasteiger partial charge on any atom is -0.476 e. The minimum atomic E-state index is -3.44. The first-order valence-corrected chi connectivity index (χ1v) is 14.2. The van der Waals surface area contributed by atoms with E-state index in [0.29, 0.717) is 29.2 Å². The lowest BCUT2D eigenvalue weighted by Gasteiger charge is -2.21. The van der Waals surface area contributed by atoms with Gasteiger partial charge in [-0.25, -0.2) is 23.0 Å². The number of pyridine rings is 1. The highest BCUT2D eigenvalue weighted by Crippen LogP contribution is 2.34. The van der Waals surface area contributed by atoms with Gasteiger partial charge in [-0.1, -0.05) is 23.7 Å². The van der Waals surface area contributed by atoms with Gasteiger partial charge in [-0.2, -0.15) is 0 Å². The normalized spacial score (nSPS) is 14.2. The summed E-state index contributed by atoms with van der Waals surface area (Å²) < 4.78 is 36.4. The Kier molecular flexibility index (Phi) is 8.18. The molecule has 0 bridgehead atoms. The summed E-state index contributed by atoms with van der Waals surface area (Å²) in [6, 6.07) is 14.6. The Morgan fingerprint density at radius 3 is 2.17 bits per heavy atom. The summed E-state index contributed by atoms with van der Waals surface area (Å²) in [6.07, 6.45) is -0.0425. The lowest BCUT2D eigenvalue weighted by molar-refractivity contribution is -0.123. The number of amides is 1. The second kappa shape index (κ2) is 11.3. The lowest BCUT2D eigenvalue weighted by atomic mass is 10.1. The highest BCUT2D eigenvalue weighted by molar-refractivity contribution is 7.92. The number of sulfone groups is 1. The minimum absolute atomic E-state index is 0.146. The van der Waals surface area contributed by atoms with Crippen LogP contribution >= 0.6 is 11.6 Å². The van der Waals surface area contributed by atoms with Crippen LogP contribution < -0.4 is 10.1 Å². The van der Waals surface area contributed by atoms with Crippen molar-refractivity contribution in [2.75, 3.05) is 5.32 Å². The van der Waals surface area contributed by atoms with Crippen molar-refractivity contribution in [1.82, 2.24) is 4.98 Å². The first-order valence-electron chi connectivity index (χ1n) is 12.3. The van der Waals surface area contributed by atoms with Gasteiger partial charge >= 0.3 is 11.9 Å². The summed E-state index contributed by atoms with van der Waals surface area (Å²) in [6.45, 7) is 4.92. The molecule has 40 heavy (non-hydrogen) atoms. The van der Waals surface area contributed by atoms with E-state index in [0.717, 1.165) is 0 Å². The Labute approximate surface area is 236 Å². The van der Waals surface area contributed by atoms with Crippen molar-refractivity contribution in [3.05, 3.63) is 82.5 Å². The molecule has 0 saturated heterocycles. The van der Waals surface area contributed by atoms with E-state index >= 15 is 0 Å². The topological polar surface area (TPSA) is 149 Å². The molecule has 1 amide bonds. The van der Waals surface area contributed by atoms with E-state index in [1.54, 1.807) is 45.0 Å². The highest BCUT2D eigenvalue weighted by atomic mass is 35.5. The van der Waals surface area contributed by atoms with Gasteiger partial charge in [-0.05, 0) is 82.1 Å². The number of nitrogens with zero attached hydrogens (tertiary/aromatic N) is 1. The number of anilines is 1. The van der Waals surface area contributed by atoms with Gasteiger partial charge in [-0.3, -0.25) is 4.79 Å². The molecule has 210 valence electrons. The van der Waals surface area contributed by atoms with Gasteiger partial charge in [0.05, 0.1) is 15.7 Å². The van der Waals surface area contributed by atoms with Crippen molar-refractivity contribution in [1.29, 1.82) is 0 Å². The molecule has 1 unspecified atom stereocenters. The molecule has 12 heteroatoms. The fourth-order valence-corrected chi connectivity index (χ4v) is 5.49. The Morgan fingerprint density at radius 2 is 1.62 bits per heavy atom. The Balaban J connectivity index is 1.63. The molecule has 0 aliphatic heterocycles. The number of hydrogen-bond donors (Lipinski definition) is 2. The molecular weight excluding hydrogens is 560 g/mol. The Morgan fingerprint density at radius 1 is 1.00 bits per heavy atom. The fraction of sp³-hybridized carbons (Fsp3) is 0.286. The number of halogens is 1. The smallest absolute Gasteiger partial charge is 0.355 e. The lowest BCUT2D eigenvalue weighted by Crippen LogP contribution is -2.27. The van der Waals surface area contributed by atoms with Gasteiger partial charge in [-0.15, -0.1) is 0 Å². The molecule has 1 atom stereocenters. The van der Waals surface area contributed by atoms with Crippen LogP contribution in [0.25, 0.3) is 0 Å². The molecule has 2 N–H and O–H groups in total. The van der Waals surface area contributed by atoms with E-state index in [2.05, 4.69) is 10.3 Å². The van der Waals surface area contributed by atoms with E-state index in [1.165, 1.54) is 36.4 Å². The van der Waals surface area contributed by atoms with E-state index in [9.17, 15) is 27.9 Å². The van der Waals surface area contributed by atoms with Gasteiger partial charge in [0, 0.05) is 10.6 Å². The van der Waals surface area contributed by atoms with Gasteiger partial charge in [0.1, 0.15) is 17.2 Å². The van der Waals surface area contributed by atoms with Gasteiger partial charge in [0.25, 0.3) is 5.91 Å². The molecule has 1 fully saturated rings. The predicted molar refractivity (Wildman–Crippen MR) is 146 cm³/mol. The van der Waals surface area contributed by atoms with Crippen molar-refractivity contribution >= 4 is 45.1 Å². The van der Waals surface area contributed by atoms with Crippen LogP contribution in [0, 0.1) is 0 Å². The van der Waals surface area contributed by atoms with Crippen LogP contribution in [0.4, 0.5) is 5.82 Å². The number of benzene rings is 2. The summed E-state index contributed by atoms with van der Waals surface area (Å²) in [5.74, 6) is -2.92. The standard InChI is InChI=1S/C28H27ClN2O8S/c1-28(2,3)39-27(35)21-14-15-22(30-23(21)26(33)34)31-25(32)24(38-18-8-6-17(29)7-9-18)16-4-10-19(11-5-16)40(36,37)20-12-13-20/h4-11,14-15,20,24H,12-13H2,1-3H3,(H,33,34)(H,30,31,32). The molecule has 0 radical (unpaired) electrons. The fourth-order valence-electron chi connectivity index (χ4n) is 3.71. The third-order valence-corrected chi connectivity index (χ3v) is 8.28. The van der Waals surface area contributed by atoms with Gasteiger partial charge < -0.3 is 19.9 Å². The monoisotopic (exact) mass is 586 g/mol. The van der Waals surface area contributed by atoms with E-state index in [-0.39, 0.29) is 21.5 Å². The van der Waals surface area contributed by atoms with Gasteiger partial charge in [0.15, 0.2) is 15.5 Å².